The van der Waals surface area contributed by atoms with Gasteiger partial charge in [-0.15, -0.1) is 0 Å². The van der Waals surface area contributed by atoms with Gasteiger partial charge in [0.15, 0.2) is 5.89 Å². The first-order chi connectivity index (χ1) is 11.0. The summed E-state index contributed by atoms with van der Waals surface area (Å²) in [6.45, 7) is 3.88. The lowest BCUT2D eigenvalue weighted by Crippen LogP contribution is -2.38. The van der Waals surface area contributed by atoms with E-state index in [1.54, 1.807) is 18.7 Å². The van der Waals surface area contributed by atoms with Crippen molar-refractivity contribution < 1.29 is 18.7 Å². The molecule has 0 N–H and O–H groups in total. The molecule has 1 unspecified atom stereocenters. The van der Waals surface area contributed by atoms with Crippen LogP contribution >= 0.6 is 0 Å². The molecule has 6 heteroatoms. The Morgan fingerprint density at radius 2 is 2.04 bits per heavy atom. The average molecular weight is 314 g/mol. The molecule has 1 aliphatic heterocycles. The van der Waals surface area contributed by atoms with Crippen LogP contribution < -0.4 is 4.90 Å². The molecule has 2 aromatic rings. The van der Waals surface area contributed by atoms with Gasteiger partial charge in [0.05, 0.1) is 18.7 Å². The van der Waals surface area contributed by atoms with Gasteiger partial charge in [0, 0.05) is 19.2 Å². The van der Waals surface area contributed by atoms with Gasteiger partial charge < -0.3 is 14.1 Å². The molecule has 3 rings (SSSR count). The fourth-order valence-electron chi connectivity index (χ4n) is 3.01. The van der Waals surface area contributed by atoms with Crippen LogP contribution in [-0.2, 0) is 9.53 Å². The molecule has 0 fully saturated rings. The molecule has 6 nitrogen and oxygen atoms in total. The second-order valence-corrected chi connectivity index (χ2v) is 5.53. The predicted molar refractivity (Wildman–Crippen MR) is 83.5 cm³/mol. The number of hydrogen-bond donors (Lipinski definition) is 0. The van der Waals surface area contributed by atoms with E-state index < -0.39 is 0 Å². The van der Waals surface area contributed by atoms with Crippen LogP contribution in [0.4, 0.5) is 5.69 Å². The molecule has 1 amide bonds. The molecule has 1 aliphatic rings. The summed E-state index contributed by atoms with van der Waals surface area (Å²) in [5.74, 6) is -0.162. The normalized spacial score (nSPS) is 16.8. The van der Waals surface area contributed by atoms with Gasteiger partial charge in [-0.2, -0.15) is 0 Å². The Morgan fingerprint density at radius 3 is 2.70 bits per heavy atom. The largest absolute Gasteiger partial charge is 0.469 e. The number of ether oxygens (including phenoxy) is 1. The summed E-state index contributed by atoms with van der Waals surface area (Å²) in [6.07, 6.45) is 0.515. The zero-order valence-electron chi connectivity index (χ0n) is 13.3. The van der Waals surface area contributed by atoms with Crippen molar-refractivity contribution in [2.24, 2.45) is 0 Å². The number of oxazole rings is 1. The fraction of sp³-hybridized carbons (Fsp3) is 0.353. The van der Waals surface area contributed by atoms with Crippen molar-refractivity contribution in [2.45, 2.75) is 26.2 Å². The van der Waals surface area contributed by atoms with E-state index in [0.29, 0.717) is 30.2 Å². The number of carbonyl (C=O) groups is 2. The third kappa shape index (κ3) is 2.60. The molecule has 0 aliphatic carbocycles. The third-order valence-electron chi connectivity index (χ3n) is 4.07. The van der Waals surface area contributed by atoms with E-state index >= 15 is 0 Å². The van der Waals surface area contributed by atoms with Crippen molar-refractivity contribution in [3.05, 3.63) is 47.2 Å². The van der Waals surface area contributed by atoms with Crippen molar-refractivity contribution in [1.82, 2.24) is 4.98 Å². The standard InChI is InChI=1S/C17H18N2O4/c1-10-15(23-11(2)18-10)16(20)19-9-8-13(17(21)22-3)12-6-4-5-7-14(12)19/h4-7,13H,8-9H2,1-3H3. The van der Waals surface area contributed by atoms with Crippen LogP contribution in [0.1, 0.15) is 40.0 Å². The number of carbonyl (C=O) groups excluding carboxylic acids is 2. The molecule has 0 radical (unpaired) electrons. The van der Waals surface area contributed by atoms with E-state index in [9.17, 15) is 9.59 Å². The first-order valence-electron chi connectivity index (χ1n) is 7.45. The number of benzene rings is 1. The lowest BCUT2D eigenvalue weighted by atomic mass is 9.89. The number of amides is 1. The minimum absolute atomic E-state index is 0.237. The Bertz CT molecular complexity index is 766. The van der Waals surface area contributed by atoms with Crippen molar-refractivity contribution >= 4 is 17.6 Å². The topological polar surface area (TPSA) is 72.6 Å². The highest BCUT2D eigenvalue weighted by atomic mass is 16.5. The number of esters is 1. The van der Waals surface area contributed by atoms with Crippen molar-refractivity contribution in [3.8, 4) is 0 Å². The Kier molecular flexibility index (Phi) is 3.90. The SMILES string of the molecule is COC(=O)C1CCN(C(=O)c2oc(C)nc2C)c2ccccc21. The van der Waals surface area contributed by atoms with Gasteiger partial charge in [0.2, 0.25) is 5.76 Å². The number of anilines is 1. The quantitative estimate of drug-likeness (QED) is 0.797. The van der Waals surface area contributed by atoms with Crippen LogP contribution in [0.15, 0.2) is 28.7 Å². The maximum Gasteiger partial charge on any atom is 0.313 e. The van der Waals surface area contributed by atoms with E-state index in [0.717, 1.165) is 5.56 Å². The van der Waals surface area contributed by atoms with E-state index in [4.69, 9.17) is 9.15 Å². The summed E-state index contributed by atoms with van der Waals surface area (Å²) >= 11 is 0. The molecule has 0 saturated carbocycles. The number of para-hydroxylation sites is 1. The average Bonchev–Trinajstić information content (AvgIpc) is 2.91. The third-order valence-corrected chi connectivity index (χ3v) is 4.07. The number of aromatic nitrogens is 1. The molecule has 1 aromatic carbocycles. The van der Waals surface area contributed by atoms with E-state index in [1.807, 2.05) is 24.3 Å². The molecule has 1 atom stereocenters. The molecule has 0 spiro atoms. The number of aryl methyl sites for hydroxylation is 2. The second kappa shape index (κ2) is 5.87. The van der Waals surface area contributed by atoms with Crippen LogP contribution in [0.5, 0.6) is 0 Å². The predicted octanol–water partition coefficient (Wildman–Crippen LogP) is 2.60. The van der Waals surface area contributed by atoms with Crippen molar-refractivity contribution in [1.29, 1.82) is 0 Å². The van der Waals surface area contributed by atoms with Gasteiger partial charge in [0.25, 0.3) is 5.91 Å². The van der Waals surface area contributed by atoms with Gasteiger partial charge in [-0.05, 0) is 25.0 Å². The Hall–Kier alpha value is -2.63. The fourth-order valence-corrected chi connectivity index (χ4v) is 3.01. The van der Waals surface area contributed by atoms with E-state index in [-0.39, 0.29) is 23.6 Å². The lowest BCUT2D eigenvalue weighted by molar-refractivity contribution is -0.142. The number of fused-ring (bicyclic) bond motifs is 1. The highest BCUT2D eigenvalue weighted by molar-refractivity contribution is 6.06. The van der Waals surface area contributed by atoms with Gasteiger partial charge in [-0.25, -0.2) is 4.98 Å². The summed E-state index contributed by atoms with van der Waals surface area (Å²) in [4.78, 5) is 30.6. The highest BCUT2D eigenvalue weighted by Gasteiger charge is 2.34. The van der Waals surface area contributed by atoms with Gasteiger partial charge in [0.1, 0.15) is 0 Å². The summed E-state index contributed by atoms with van der Waals surface area (Å²) in [5, 5.41) is 0. The summed E-state index contributed by atoms with van der Waals surface area (Å²) in [6, 6.07) is 7.39. The molecule has 2 heterocycles. The minimum Gasteiger partial charge on any atom is -0.469 e. The molecule has 120 valence electrons. The maximum atomic E-state index is 12.8. The number of hydrogen-bond acceptors (Lipinski definition) is 5. The maximum absolute atomic E-state index is 12.8. The Labute approximate surface area is 134 Å². The smallest absolute Gasteiger partial charge is 0.313 e. The molecule has 1 aromatic heterocycles. The van der Waals surface area contributed by atoms with Crippen LogP contribution in [0.25, 0.3) is 0 Å². The van der Waals surface area contributed by atoms with Gasteiger partial charge in [-0.1, -0.05) is 18.2 Å². The highest BCUT2D eigenvalue weighted by Crippen LogP contribution is 2.36. The second-order valence-electron chi connectivity index (χ2n) is 5.53. The number of methoxy groups -OCH3 is 1. The van der Waals surface area contributed by atoms with Crippen LogP contribution in [0.3, 0.4) is 0 Å². The van der Waals surface area contributed by atoms with Crippen LogP contribution in [-0.4, -0.2) is 30.5 Å². The first kappa shape index (κ1) is 15.3. The van der Waals surface area contributed by atoms with Gasteiger partial charge >= 0.3 is 5.97 Å². The van der Waals surface area contributed by atoms with Crippen LogP contribution in [0.2, 0.25) is 0 Å². The molecule has 23 heavy (non-hydrogen) atoms. The molecule has 0 saturated heterocycles. The monoisotopic (exact) mass is 314 g/mol. The van der Waals surface area contributed by atoms with E-state index in [1.165, 1.54) is 7.11 Å². The zero-order valence-corrected chi connectivity index (χ0v) is 13.3. The van der Waals surface area contributed by atoms with Crippen LogP contribution in [0, 0.1) is 13.8 Å². The van der Waals surface area contributed by atoms with Crippen molar-refractivity contribution in [3.63, 3.8) is 0 Å². The Morgan fingerprint density at radius 1 is 1.30 bits per heavy atom. The summed E-state index contributed by atoms with van der Waals surface area (Å²) in [5.41, 5.74) is 2.08. The minimum atomic E-state index is -0.349. The first-order valence-corrected chi connectivity index (χ1v) is 7.45. The van der Waals surface area contributed by atoms with Gasteiger partial charge in [-0.3, -0.25) is 9.59 Å². The van der Waals surface area contributed by atoms with E-state index in [2.05, 4.69) is 4.98 Å². The Balaban J connectivity index is 2.00. The lowest BCUT2D eigenvalue weighted by Gasteiger charge is -2.32. The molecule has 0 bridgehead atoms. The van der Waals surface area contributed by atoms with Crippen molar-refractivity contribution in [2.75, 3.05) is 18.6 Å². The molecular weight excluding hydrogens is 296 g/mol. The zero-order chi connectivity index (χ0) is 16.6. The summed E-state index contributed by atoms with van der Waals surface area (Å²) < 4.78 is 10.3. The summed E-state index contributed by atoms with van der Waals surface area (Å²) in [7, 11) is 1.38. The number of rotatable bonds is 2. The number of nitrogens with zero attached hydrogens (tertiary/aromatic N) is 2. The molecular formula is C17H18N2O4.